The maximum absolute atomic E-state index is 12.7. The van der Waals surface area contributed by atoms with Crippen LogP contribution in [0, 0.1) is 0 Å². The minimum Gasteiger partial charge on any atom is -0.457 e. The molecule has 1 aromatic carbocycles. The zero-order valence-corrected chi connectivity index (χ0v) is 16.8. The van der Waals surface area contributed by atoms with Crippen LogP contribution in [-0.2, 0) is 0 Å². The number of hydrogen-bond donors (Lipinski definition) is 1. The summed E-state index contributed by atoms with van der Waals surface area (Å²) in [4.78, 5) is 26.5. The summed E-state index contributed by atoms with van der Waals surface area (Å²) in [5.41, 5.74) is 2.08. The van der Waals surface area contributed by atoms with Crippen molar-refractivity contribution >= 4 is 55.0 Å². The molecule has 134 valence electrons. The monoisotopic (exact) mass is 480 g/mol. The quantitative estimate of drug-likeness (QED) is 0.535. The molecule has 0 aliphatic carbocycles. The molecule has 2 aromatic heterocycles. The number of carbonyl (C=O) groups excluding carboxylic acids is 2. The van der Waals surface area contributed by atoms with E-state index in [1.807, 2.05) is 6.92 Å². The Hall–Kier alpha value is -2.32. The highest BCUT2D eigenvalue weighted by molar-refractivity contribution is 9.10. The summed E-state index contributed by atoms with van der Waals surface area (Å²) in [5, 5.41) is 2.79. The van der Waals surface area contributed by atoms with E-state index in [2.05, 4.69) is 37.2 Å². The molecular formula is C18H14Br2N2O4. The van der Waals surface area contributed by atoms with E-state index >= 15 is 0 Å². The first-order valence-corrected chi connectivity index (χ1v) is 9.28. The molecule has 0 aliphatic rings. The van der Waals surface area contributed by atoms with Crippen molar-refractivity contribution in [3.63, 3.8) is 0 Å². The van der Waals surface area contributed by atoms with Crippen molar-refractivity contribution in [1.29, 1.82) is 0 Å². The Bertz CT molecular complexity index is 948. The number of halogens is 2. The highest BCUT2D eigenvalue weighted by Crippen LogP contribution is 2.24. The van der Waals surface area contributed by atoms with Crippen molar-refractivity contribution in [2.75, 3.05) is 16.8 Å². The third kappa shape index (κ3) is 4.08. The molecule has 0 spiro atoms. The molecule has 0 saturated heterocycles. The van der Waals surface area contributed by atoms with Gasteiger partial charge in [0.2, 0.25) is 0 Å². The first-order valence-electron chi connectivity index (χ1n) is 7.69. The van der Waals surface area contributed by atoms with Crippen molar-refractivity contribution in [2.24, 2.45) is 0 Å². The minimum absolute atomic E-state index is 0.191. The summed E-state index contributed by atoms with van der Waals surface area (Å²) in [5.74, 6) is -0.492. The van der Waals surface area contributed by atoms with Crippen LogP contribution < -0.4 is 10.2 Å². The van der Waals surface area contributed by atoms with E-state index < -0.39 is 0 Å². The third-order valence-corrected chi connectivity index (χ3v) is 4.45. The maximum Gasteiger partial charge on any atom is 0.261 e. The zero-order chi connectivity index (χ0) is 18.7. The van der Waals surface area contributed by atoms with Gasteiger partial charge >= 0.3 is 0 Å². The average Bonchev–Trinajstić information content (AvgIpc) is 3.24. The SMILES string of the molecule is CCN(C(=O)c1coc(Br)c1)c1cccc(NC(=O)c2coc(Br)c2)c1. The molecule has 3 rings (SSSR count). The van der Waals surface area contributed by atoms with Gasteiger partial charge in [-0.2, -0.15) is 0 Å². The molecule has 0 atom stereocenters. The van der Waals surface area contributed by atoms with Crippen LogP contribution in [-0.4, -0.2) is 18.4 Å². The number of nitrogens with one attached hydrogen (secondary N) is 1. The topological polar surface area (TPSA) is 75.7 Å². The standard InChI is InChI=1S/C18H14Br2N2O4/c1-2-22(18(24)12-7-16(20)26-10-12)14-5-3-4-13(8-14)21-17(23)11-6-15(19)25-9-11/h3-10H,2H2,1H3,(H,21,23). The van der Waals surface area contributed by atoms with E-state index in [-0.39, 0.29) is 11.8 Å². The zero-order valence-electron chi connectivity index (χ0n) is 13.7. The fourth-order valence-electron chi connectivity index (χ4n) is 2.41. The lowest BCUT2D eigenvalue weighted by Crippen LogP contribution is -2.30. The molecule has 0 aliphatic heterocycles. The summed E-state index contributed by atoms with van der Waals surface area (Å²) in [7, 11) is 0. The van der Waals surface area contributed by atoms with Crippen LogP contribution in [0.4, 0.5) is 11.4 Å². The van der Waals surface area contributed by atoms with Crippen LogP contribution in [0.25, 0.3) is 0 Å². The van der Waals surface area contributed by atoms with Gasteiger partial charge < -0.3 is 19.1 Å². The second-order valence-electron chi connectivity index (χ2n) is 5.33. The maximum atomic E-state index is 12.7. The van der Waals surface area contributed by atoms with E-state index in [0.717, 1.165) is 0 Å². The number of anilines is 2. The Morgan fingerprint density at radius 2 is 1.69 bits per heavy atom. The Kier molecular flexibility index (Phi) is 5.63. The van der Waals surface area contributed by atoms with E-state index in [1.54, 1.807) is 41.3 Å². The van der Waals surface area contributed by atoms with Gasteiger partial charge in [-0.1, -0.05) is 6.07 Å². The number of furan rings is 2. The average molecular weight is 482 g/mol. The second kappa shape index (κ2) is 7.92. The molecule has 2 amide bonds. The molecule has 0 saturated carbocycles. The van der Waals surface area contributed by atoms with Gasteiger partial charge in [-0.15, -0.1) is 0 Å². The summed E-state index contributed by atoms with van der Waals surface area (Å²) >= 11 is 6.36. The normalized spacial score (nSPS) is 10.6. The van der Waals surface area contributed by atoms with Crippen molar-refractivity contribution in [2.45, 2.75) is 6.92 Å². The van der Waals surface area contributed by atoms with E-state index in [1.165, 1.54) is 12.5 Å². The van der Waals surface area contributed by atoms with Crippen LogP contribution in [0.5, 0.6) is 0 Å². The number of benzene rings is 1. The molecule has 6 nitrogen and oxygen atoms in total. The van der Waals surface area contributed by atoms with Gasteiger partial charge in [0.15, 0.2) is 9.34 Å². The molecule has 0 bridgehead atoms. The summed E-state index contributed by atoms with van der Waals surface area (Å²) < 4.78 is 11.2. The van der Waals surface area contributed by atoms with E-state index in [0.29, 0.717) is 38.4 Å². The van der Waals surface area contributed by atoms with Crippen LogP contribution in [0.2, 0.25) is 0 Å². The summed E-state index contributed by atoms with van der Waals surface area (Å²) in [6, 6.07) is 10.3. The largest absolute Gasteiger partial charge is 0.457 e. The highest BCUT2D eigenvalue weighted by Gasteiger charge is 2.19. The van der Waals surface area contributed by atoms with Gasteiger partial charge in [0, 0.05) is 30.1 Å². The summed E-state index contributed by atoms with van der Waals surface area (Å²) in [6.45, 7) is 2.34. The smallest absolute Gasteiger partial charge is 0.261 e. The molecule has 3 aromatic rings. The number of amides is 2. The van der Waals surface area contributed by atoms with Crippen molar-refractivity contribution in [1.82, 2.24) is 0 Å². The van der Waals surface area contributed by atoms with Crippen molar-refractivity contribution in [3.8, 4) is 0 Å². The summed E-state index contributed by atoms with van der Waals surface area (Å²) in [6.07, 6.45) is 2.76. The highest BCUT2D eigenvalue weighted by atomic mass is 79.9. The lowest BCUT2D eigenvalue weighted by Gasteiger charge is -2.21. The Morgan fingerprint density at radius 1 is 1.04 bits per heavy atom. The predicted molar refractivity (Wildman–Crippen MR) is 105 cm³/mol. The Labute approximate surface area is 166 Å². The number of nitrogens with zero attached hydrogens (tertiary/aromatic N) is 1. The van der Waals surface area contributed by atoms with Gasteiger partial charge in [-0.25, -0.2) is 0 Å². The Balaban J connectivity index is 1.80. The number of rotatable bonds is 5. The molecule has 8 heteroatoms. The number of carbonyl (C=O) groups is 2. The first kappa shape index (κ1) is 18.5. The lowest BCUT2D eigenvalue weighted by molar-refractivity contribution is 0.0986. The number of hydrogen-bond acceptors (Lipinski definition) is 4. The third-order valence-electron chi connectivity index (χ3n) is 3.62. The van der Waals surface area contributed by atoms with Crippen molar-refractivity contribution in [3.05, 3.63) is 69.4 Å². The molecule has 1 N–H and O–H groups in total. The molecule has 0 radical (unpaired) electrons. The van der Waals surface area contributed by atoms with Gasteiger partial charge in [-0.3, -0.25) is 9.59 Å². The van der Waals surface area contributed by atoms with E-state index in [4.69, 9.17) is 8.83 Å². The second-order valence-corrected chi connectivity index (χ2v) is 6.90. The first-order chi connectivity index (χ1) is 12.5. The molecule has 26 heavy (non-hydrogen) atoms. The van der Waals surface area contributed by atoms with Crippen LogP contribution in [0.15, 0.2) is 67.1 Å². The molecular weight excluding hydrogens is 468 g/mol. The van der Waals surface area contributed by atoms with E-state index in [9.17, 15) is 9.59 Å². The predicted octanol–water partition coefficient (Wildman–Crippen LogP) is 5.32. The van der Waals surface area contributed by atoms with Gasteiger partial charge in [0.05, 0.1) is 11.1 Å². The lowest BCUT2D eigenvalue weighted by atomic mass is 10.2. The molecule has 2 heterocycles. The van der Waals surface area contributed by atoms with Gasteiger partial charge in [0.1, 0.15) is 12.5 Å². The van der Waals surface area contributed by atoms with Crippen molar-refractivity contribution < 1.29 is 18.4 Å². The molecule has 0 fully saturated rings. The fraction of sp³-hybridized carbons (Fsp3) is 0.111. The van der Waals surface area contributed by atoms with Gasteiger partial charge in [0.25, 0.3) is 11.8 Å². The Morgan fingerprint density at radius 3 is 2.27 bits per heavy atom. The van der Waals surface area contributed by atoms with Crippen LogP contribution >= 0.6 is 31.9 Å². The molecule has 0 unspecified atom stereocenters. The fourth-order valence-corrected chi connectivity index (χ4v) is 3.09. The van der Waals surface area contributed by atoms with Crippen LogP contribution in [0.1, 0.15) is 27.6 Å². The minimum atomic E-state index is -0.301. The van der Waals surface area contributed by atoms with Crippen LogP contribution in [0.3, 0.4) is 0 Å². The van der Waals surface area contributed by atoms with Gasteiger partial charge in [-0.05, 0) is 57.0 Å².